The number of esters is 1. The van der Waals surface area contributed by atoms with Gasteiger partial charge in [-0.2, -0.15) is 0 Å². The van der Waals surface area contributed by atoms with Crippen LogP contribution in [0.5, 0.6) is 0 Å². The number of amides is 1. The highest BCUT2D eigenvalue weighted by molar-refractivity contribution is 7.14. The first-order valence-electron chi connectivity index (χ1n) is 7.84. The molecular formula is C18H22N2O3S. The Bertz CT molecular complexity index is 710. The molecule has 0 spiro atoms. The van der Waals surface area contributed by atoms with Gasteiger partial charge >= 0.3 is 5.97 Å². The molecule has 1 atom stereocenters. The van der Waals surface area contributed by atoms with Gasteiger partial charge in [-0.05, 0) is 19.3 Å². The number of aromatic nitrogens is 1. The van der Waals surface area contributed by atoms with Crippen LogP contribution in [0, 0.1) is 12.8 Å². The number of nitrogens with zero attached hydrogens (tertiary/aromatic N) is 1. The van der Waals surface area contributed by atoms with Crippen molar-refractivity contribution in [3.8, 4) is 11.3 Å². The maximum atomic E-state index is 12.7. The van der Waals surface area contributed by atoms with E-state index in [0.29, 0.717) is 17.0 Å². The van der Waals surface area contributed by atoms with E-state index in [9.17, 15) is 9.59 Å². The molecule has 0 aliphatic rings. The molecule has 0 aliphatic carbocycles. The third-order valence-electron chi connectivity index (χ3n) is 3.49. The first-order valence-corrected chi connectivity index (χ1v) is 8.65. The van der Waals surface area contributed by atoms with Crippen LogP contribution in [0.1, 0.15) is 34.9 Å². The Kier molecular flexibility index (Phi) is 6.09. The summed E-state index contributed by atoms with van der Waals surface area (Å²) in [4.78, 5) is 29.6. The molecule has 0 aliphatic heterocycles. The normalized spacial score (nSPS) is 12.0. The number of thiazole rings is 1. The second-order valence-electron chi connectivity index (χ2n) is 5.96. The second-order valence-corrected chi connectivity index (χ2v) is 7.16. The minimum absolute atomic E-state index is 0.256. The highest BCUT2D eigenvalue weighted by atomic mass is 32.1. The minimum atomic E-state index is -0.659. The van der Waals surface area contributed by atoms with Gasteiger partial charge in [0.2, 0.25) is 0 Å². The maximum absolute atomic E-state index is 12.7. The molecule has 2 rings (SSSR count). The third kappa shape index (κ3) is 4.41. The zero-order valence-electron chi connectivity index (χ0n) is 14.3. The van der Waals surface area contributed by atoms with Crippen molar-refractivity contribution in [2.24, 2.45) is 5.92 Å². The number of benzene rings is 1. The molecule has 0 bridgehead atoms. The molecule has 0 saturated carbocycles. The number of carbonyl (C=O) groups excluding carboxylic acids is 2. The monoisotopic (exact) mass is 346 g/mol. The first kappa shape index (κ1) is 18.1. The van der Waals surface area contributed by atoms with Crippen LogP contribution in [0.15, 0.2) is 30.3 Å². The zero-order chi connectivity index (χ0) is 17.7. The Hall–Kier alpha value is -2.21. The van der Waals surface area contributed by atoms with Gasteiger partial charge in [-0.3, -0.25) is 4.79 Å². The Labute approximate surface area is 146 Å². The first-order chi connectivity index (χ1) is 11.4. The van der Waals surface area contributed by atoms with Gasteiger partial charge in [0.15, 0.2) is 0 Å². The molecule has 1 N–H and O–H groups in total. The van der Waals surface area contributed by atoms with Crippen LogP contribution in [0.2, 0.25) is 0 Å². The van der Waals surface area contributed by atoms with Gasteiger partial charge in [0, 0.05) is 5.56 Å². The Morgan fingerprint density at radius 3 is 2.50 bits per heavy atom. The van der Waals surface area contributed by atoms with Crippen LogP contribution in [-0.2, 0) is 9.53 Å². The Morgan fingerprint density at radius 2 is 1.92 bits per heavy atom. The zero-order valence-corrected chi connectivity index (χ0v) is 15.1. The SMILES string of the molecule is COC(=O)[C@H](CC(C)C)NC(=O)c1sc(C)nc1-c1ccccc1. The average molecular weight is 346 g/mol. The van der Waals surface area contributed by atoms with Crippen molar-refractivity contribution in [3.05, 3.63) is 40.2 Å². The molecule has 1 aromatic carbocycles. The van der Waals surface area contributed by atoms with Crippen molar-refractivity contribution >= 4 is 23.2 Å². The van der Waals surface area contributed by atoms with Gasteiger partial charge < -0.3 is 10.1 Å². The van der Waals surface area contributed by atoms with Gasteiger partial charge in [-0.1, -0.05) is 44.2 Å². The lowest BCUT2D eigenvalue weighted by Gasteiger charge is -2.18. The van der Waals surface area contributed by atoms with Crippen LogP contribution >= 0.6 is 11.3 Å². The molecule has 0 unspecified atom stereocenters. The van der Waals surface area contributed by atoms with E-state index in [1.807, 2.05) is 51.1 Å². The number of hydrogen-bond acceptors (Lipinski definition) is 5. The number of methoxy groups -OCH3 is 1. The summed E-state index contributed by atoms with van der Waals surface area (Å²) in [5.41, 5.74) is 1.52. The van der Waals surface area contributed by atoms with Crippen LogP contribution in [-0.4, -0.2) is 30.0 Å². The van der Waals surface area contributed by atoms with Crippen molar-refractivity contribution in [1.29, 1.82) is 0 Å². The molecule has 6 heteroatoms. The van der Waals surface area contributed by atoms with E-state index in [4.69, 9.17) is 4.74 Å². The van der Waals surface area contributed by atoms with Gasteiger partial charge in [0.25, 0.3) is 5.91 Å². The summed E-state index contributed by atoms with van der Waals surface area (Å²) in [5, 5.41) is 3.60. The van der Waals surface area contributed by atoms with Crippen LogP contribution in [0.25, 0.3) is 11.3 Å². The summed E-state index contributed by atoms with van der Waals surface area (Å²) in [7, 11) is 1.33. The molecule has 1 amide bonds. The quantitative estimate of drug-likeness (QED) is 0.814. The number of hydrogen-bond donors (Lipinski definition) is 1. The van der Waals surface area contributed by atoms with E-state index in [0.717, 1.165) is 10.6 Å². The van der Waals surface area contributed by atoms with E-state index in [1.165, 1.54) is 18.4 Å². The predicted molar refractivity (Wildman–Crippen MR) is 95.0 cm³/mol. The summed E-state index contributed by atoms with van der Waals surface area (Å²) >= 11 is 1.32. The van der Waals surface area contributed by atoms with E-state index < -0.39 is 12.0 Å². The fourth-order valence-corrected chi connectivity index (χ4v) is 3.27. The number of nitrogens with one attached hydrogen (secondary N) is 1. The number of carbonyl (C=O) groups is 2. The molecule has 128 valence electrons. The van der Waals surface area contributed by atoms with E-state index in [-0.39, 0.29) is 11.8 Å². The lowest BCUT2D eigenvalue weighted by Crippen LogP contribution is -2.42. The molecular weight excluding hydrogens is 324 g/mol. The second kappa shape index (κ2) is 8.06. The van der Waals surface area contributed by atoms with Crippen molar-refractivity contribution in [3.63, 3.8) is 0 Å². The lowest BCUT2D eigenvalue weighted by atomic mass is 10.0. The fraction of sp³-hybridized carbons (Fsp3) is 0.389. The van der Waals surface area contributed by atoms with Gasteiger partial charge in [0.1, 0.15) is 10.9 Å². The molecule has 1 heterocycles. The predicted octanol–water partition coefficient (Wildman–Crippen LogP) is 3.44. The third-order valence-corrected chi connectivity index (χ3v) is 4.46. The Morgan fingerprint density at radius 1 is 1.25 bits per heavy atom. The van der Waals surface area contributed by atoms with Crippen LogP contribution < -0.4 is 5.32 Å². The topological polar surface area (TPSA) is 68.3 Å². The molecule has 0 saturated heterocycles. The fourth-order valence-electron chi connectivity index (χ4n) is 2.42. The smallest absolute Gasteiger partial charge is 0.328 e. The standard InChI is InChI=1S/C18H22N2O3S/c1-11(2)10-14(18(22)23-4)20-17(21)16-15(19-12(3)24-16)13-8-6-5-7-9-13/h5-9,11,14H,10H2,1-4H3,(H,20,21)/t14-/m0/s1. The molecule has 2 aromatic rings. The van der Waals surface area contributed by atoms with Crippen LogP contribution in [0.4, 0.5) is 0 Å². The highest BCUT2D eigenvalue weighted by Crippen LogP contribution is 2.28. The van der Waals surface area contributed by atoms with E-state index in [1.54, 1.807) is 0 Å². The van der Waals surface area contributed by atoms with Crippen molar-refractivity contribution in [2.45, 2.75) is 33.2 Å². The highest BCUT2D eigenvalue weighted by Gasteiger charge is 2.26. The lowest BCUT2D eigenvalue weighted by molar-refractivity contribution is -0.143. The number of aryl methyl sites for hydroxylation is 1. The van der Waals surface area contributed by atoms with Crippen molar-refractivity contribution < 1.29 is 14.3 Å². The largest absolute Gasteiger partial charge is 0.467 e. The molecule has 5 nitrogen and oxygen atoms in total. The van der Waals surface area contributed by atoms with Gasteiger partial charge in [-0.25, -0.2) is 9.78 Å². The summed E-state index contributed by atoms with van der Waals surface area (Å²) < 4.78 is 4.80. The van der Waals surface area contributed by atoms with Crippen molar-refractivity contribution in [1.82, 2.24) is 10.3 Å². The Balaban J connectivity index is 2.28. The summed E-state index contributed by atoms with van der Waals surface area (Å²) in [6.07, 6.45) is 0.525. The molecule has 1 aromatic heterocycles. The summed E-state index contributed by atoms with van der Waals surface area (Å²) in [6.45, 7) is 5.85. The molecule has 24 heavy (non-hydrogen) atoms. The van der Waals surface area contributed by atoms with E-state index in [2.05, 4.69) is 10.3 Å². The summed E-state index contributed by atoms with van der Waals surface area (Å²) in [5.74, 6) is -0.471. The average Bonchev–Trinajstić information content (AvgIpc) is 2.96. The van der Waals surface area contributed by atoms with Crippen LogP contribution in [0.3, 0.4) is 0 Å². The number of ether oxygens (including phenoxy) is 1. The molecule has 0 radical (unpaired) electrons. The van der Waals surface area contributed by atoms with Gasteiger partial charge in [-0.15, -0.1) is 11.3 Å². The molecule has 0 fully saturated rings. The summed E-state index contributed by atoms with van der Waals surface area (Å²) in [6, 6.07) is 8.89. The maximum Gasteiger partial charge on any atom is 0.328 e. The van der Waals surface area contributed by atoms with Gasteiger partial charge in [0.05, 0.1) is 17.8 Å². The minimum Gasteiger partial charge on any atom is -0.467 e. The number of rotatable bonds is 6. The van der Waals surface area contributed by atoms with E-state index >= 15 is 0 Å². The van der Waals surface area contributed by atoms with Crippen molar-refractivity contribution in [2.75, 3.05) is 7.11 Å².